The third-order valence-corrected chi connectivity index (χ3v) is 5.89. The number of hydrogen-bond acceptors (Lipinski definition) is 7. The largest absolute Gasteiger partial charge is 0.480 e. The molecule has 1 aromatic carbocycles. The quantitative estimate of drug-likeness (QED) is 0.670. The number of piperidine rings is 1. The van der Waals surface area contributed by atoms with E-state index in [2.05, 4.69) is 25.3 Å². The second-order valence-corrected chi connectivity index (χ2v) is 8.13. The number of likely N-dealkylation sites (tertiary alicyclic amines) is 1. The summed E-state index contributed by atoms with van der Waals surface area (Å²) in [5.74, 6) is 2.12. The van der Waals surface area contributed by atoms with Gasteiger partial charge in [-0.25, -0.2) is 15.0 Å². The van der Waals surface area contributed by atoms with Crippen molar-refractivity contribution >= 4 is 29.3 Å². The van der Waals surface area contributed by atoms with Crippen LogP contribution in [0.25, 0.3) is 0 Å². The van der Waals surface area contributed by atoms with Gasteiger partial charge in [-0.3, -0.25) is 9.78 Å². The Labute approximate surface area is 184 Å². The number of benzene rings is 1. The zero-order valence-corrected chi connectivity index (χ0v) is 17.5. The van der Waals surface area contributed by atoms with Crippen LogP contribution in [0.1, 0.15) is 30.0 Å². The van der Waals surface area contributed by atoms with Gasteiger partial charge >= 0.3 is 0 Å². The van der Waals surface area contributed by atoms with Crippen LogP contribution in [-0.4, -0.2) is 49.9 Å². The summed E-state index contributed by atoms with van der Waals surface area (Å²) in [6, 6.07) is 7.24. The zero-order chi connectivity index (χ0) is 21.2. The molecule has 158 valence electrons. The Bertz CT molecular complexity index is 1090. The lowest BCUT2D eigenvalue weighted by Crippen LogP contribution is -2.45. The number of amides is 1. The van der Waals surface area contributed by atoms with Crippen LogP contribution < -0.4 is 10.1 Å². The number of carbonyl (C=O) groups is 1. The number of halogens is 1. The molecule has 0 unspecified atom stereocenters. The Morgan fingerprint density at radius 3 is 2.77 bits per heavy atom. The monoisotopic (exact) mass is 436 g/mol. The fraction of sp³-hybridized carbons (Fsp3) is 0.318. The number of carbonyl (C=O) groups excluding carboxylic acids is 1. The molecule has 4 heterocycles. The van der Waals surface area contributed by atoms with Gasteiger partial charge < -0.3 is 15.0 Å². The maximum absolute atomic E-state index is 13.0. The molecule has 3 aromatic rings. The number of fused-ring (bicyclic) bond motifs is 1. The van der Waals surface area contributed by atoms with E-state index in [-0.39, 0.29) is 11.8 Å². The summed E-state index contributed by atoms with van der Waals surface area (Å²) in [5.41, 5.74) is 1.90. The normalized spacial score (nSPS) is 18.4. The topological polar surface area (TPSA) is 93.1 Å². The van der Waals surface area contributed by atoms with Crippen molar-refractivity contribution in [2.45, 2.75) is 31.3 Å². The molecule has 0 radical (unpaired) electrons. The van der Waals surface area contributed by atoms with Crippen LogP contribution in [0.2, 0.25) is 5.02 Å². The van der Waals surface area contributed by atoms with Gasteiger partial charge in [-0.05, 0) is 42.7 Å². The minimum atomic E-state index is -0.469. The first kappa shape index (κ1) is 19.7. The van der Waals surface area contributed by atoms with Crippen molar-refractivity contribution in [2.75, 3.05) is 18.4 Å². The van der Waals surface area contributed by atoms with Crippen LogP contribution >= 0.6 is 11.6 Å². The van der Waals surface area contributed by atoms with Gasteiger partial charge in [-0.1, -0.05) is 11.6 Å². The maximum Gasteiger partial charge on any atom is 0.263 e. The van der Waals surface area contributed by atoms with Crippen molar-refractivity contribution in [3.63, 3.8) is 0 Å². The molecule has 2 aliphatic heterocycles. The van der Waals surface area contributed by atoms with Crippen molar-refractivity contribution in [1.82, 2.24) is 24.8 Å². The predicted octanol–water partition coefficient (Wildman–Crippen LogP) is 3.37. The van der Waals surface area contributed by atoms with E-state index >= 15 is 0 Å². The summed E-state index contributed by atoms with van der Waals surface area (Å²) in [6.45, 7) is 1.34. The van der Waals surface area contributed by atoms with Gasteiger partial charge in [-0.15, -0.1) is 0 Å². The van der Waals surface area contributed by atoms with Gasteiger partial charge in [0.2, 0.25) is 5.95 Å². The minimum Gasteiger partial charge on any atom is -0.480 e. The summed E-state index contributed by atoms with van der Waals surface area (Å²) < 4.78 is 5.87. The Morgan fingerprint density at radius 1 is 1.16 bits per heavy atom. The Kier molecular flexibility index (Phi) is 5.38. The average molecular weight is 437 g/mol. The Morgan fingerprint density at radius 2 is 1.97 bits per heavy atom. The van der Waals surface area contributed by atoms with Crippen LogP contribution in [0.4, 0.5) is 11.8 Å². The van der Waals surface area contributed by atoms with Crippen LogP contribution in [-0.2, 0) is 11.2 Å². The van der Waals surface area contributed by atoms with Gasteiger partial charge in [0.05, 0.1) is 11.9 Å². The second-order valence-electron chi connectivity index (χ2n) is 7.69. The van der Waals surface area contributed by atoms with Gasteiger partial charge in [0.25, 0.3) is 5.91 Å². The van der Waals surface area contributed by atoms with Crippen molar-refractivity contribution in [2.24, 2.45) is 0 Å². The van der Waals surface area contributed by atoms with E-state index in [1.165, 1.54) is 0 Å². The molecule has 5 rings (SSSR count). The molecule has 1 amide bonds. The molecular weight excluding hydrogens is 416 g/mol. The highest BCUT2D eigenvalue weighted by Gasteiger charge is 2.34. The standard InChI is InChI=1S/C22H21ClN6O2/c23-16-2-3-18-15(10-16)11-19(31-18)21(30)29-8-4-14(5-9-29)17-12-24-13-20(27-17)28-22-25-6-1-7-26-22/h1-3,6-7,10,12-14,19H,4-5,8-9,11H2,(H,25,26,27,28)/t19-/m0/s1. The molecule has 2 aliphatic rings. The minimum absolute atomic E-state index is 0.0356. The first-order valence-corrected chi connectivity index (χ1v) is 10.6. The lowest BCUT2D eigenvalue weighted by atomic mass is 9.93. The third kappa shape index (κ3) is 4.29. The lowest BCUT2D eigenvalue weighted by Gasteiger charge is -2.33. The van der Waals surface area contributed by atoms with Crippen LogP contribution in [0, 0.1) is 0 Å². The molecule has 8 nitrogen and oxygen atoms in total. The molecule has 1 N–H and O–H groups in total. The van der Waals surface area contributed by atoms with E-state index in [0.29, 0.717) is 36.3 Å². The van der Waals surface area contributed by atoms with Crippen LogP contribution in [0.5, 0.6) is 5.75 Å². The van der Waals surface area contributed by atoms with E-state index in [4.69, 9.17) is 16.3 Å². The highest BCUT2D eigenvalue weighted by molar-refractivity contribution is 6.30. The molecule has 0 saturated carbocycles. The SMILES string of the molecule is O=C([C@@H]1Cc2cc(Cl)ccc2O1)N1CCC(c2cncc(Nc3ncccn3)n2)CC1. The second kappa shape index (κ2) is 8.47. The number of nitrogens with zero attached hydrogens (tertiary/aromatic N) is 5. The highest BCUT2D eigenvalue weighted by Crippen LogP contribution is 2.33. The number of hydrogen-bond donors (Lipinski definition) is 1. The molecule has 1 fully saturated rings. The van der Waals surface area contributed by atoms with Gasteiger partial charge in [0, 0.05) is 49.0 Å². The number of rotatable bonds is 4. The lowest BCUT2D eigenvalue weighted by molar-refractivity contribution is -0.139. The molecule has 31 heavy (non-hydrogen) atoms. The van der Waals surface area contributed by atoms with Crippen LogP contribution in [0.3, 0.4) is 0 Å². The smallest absolute Gasteiger partial charge is 0.263 e. The van der Waals surface area contributed by atoms with Gasteiger partial charge in [-0.2, -0.15) is 0 Å². The third-order valence-electron chi connectivity index (χ3n) is 5.66. The molecule has 0 bridgehead atoms. The fourth-order valence-electron chi connectivity index (χ4n) is 4.07. The zero-order valence-electron chi connectivity index (χ0n) is 16.7. The molecule has 1 saturated heterocycles. The van der Waals surface area contributed by atoms with Crippen molar-refractivity contribution < 1.29 is 9.53 Å². The van der Waals surface area contributed by atoms with Crippen molar-refractivity contribution in [1.29, 1.82) is 0 Å². The average Bonchev–Trinajstić information content (AvgIpc) is 3.23. The van der Waals surface area contributed by atoms with Gasteiger partial charge in [0.15, 0.2) is 11.9 Å². The molecule has 1 atom stereocenters. The van der Waals surface area contributed by atoms with E-state index in [0.717, 1.165) is 29.8 Å². The Hall–Kier alpha value is -3.26. The molecule has 9 heteroatoms. The number of ether oxygens (including phenoxy) is 1. The highest BCUT2D eigenvalue weighted by atomic mass is 35.5. The number of aromatic nitrogens is 4. The fourth-order valence-corrected chi connectivity index (χ4v) is 4.27. The summed E-state index contributed by atoms with van der Waals surface area (Å²) in [6.07, 6.45) is 8.54. The van der Waals surface area contributed by atoms with E-state index in [1.807, 2.05) is 17.0 Å². The maximum atomic E-state index is 13.0. The van der Waals surface area contributed by atoms with E-state index in [1.54, 1.807) is 36.9 Å². The number of nitrogens with one attached hydrogen (secondary N) is 1. The van der Waals surface area contributed by atoms with Crippen molar-refractivity contribution in [3.05, 3.63) is 65.3 Å². The first-order valence-electron chi connectivity index (χ1n) is 10.3. The first-order chi connectivity index (χ1) is 15.2. The van der Waals surface area contributed by atoms with E-state index < -0.39 is 6.10 Å². The van der Waals surface area contributed by atoms with Crippen molar-refractivity contribution in [3.8, 4) is 5.75 Å². The Balaban J connectivity index is 1.19. The summed E-state index contributed by atoms with van der Waals surface area (Å²) >= 11 is 6.06. The molecule has 2 aromatic heterocycles. The molecule has 0 aliphatic carbocycles. The van der Waals surface area contributed by atoms with Crippen LogP contribution in [0.15, 0.2) is 49.1 Å². The number of anilines is 2. The van der Waals surface area contributed by atoms with Gasteiger partial charge in [0.1, 0.15) is 5.75 Å². The summed E-state index contributed by atoms with van der Waals surface area (Å²) in [5, 5.41) is 3.73. The predicted molar refractivity (Wildman–Crippen MR) is 115 cm³/mol. The summed E-state index contributed by atoms with van der Waals surface area (Å²) in [7, 11) is 0. The van der Waals surface area contributed by atoms with E-state index in [9.17, 15) is 4.79 Å². The molecule has 0 spiro atoms. The molecular formula is C22H21ClN6O2. The summed E-state index contributed by atoms with van der Waals surface area (Å²) in [4.78, 5) is 32.2.